The third kappa shape index (κ3) is 4.03. The van der Waals surface area contributed by atoms with Crippen molar-refractivity contribution in [1.82, 2.24) is 15.2 Å². The quantitative estimate of drug-likeness (QED) is 0.733. The van der Waals surface area contributed by atoms with Crippen molar-refractivity contribution >= 4 is 34.3 Å². The summed E-state index contributed by atoms with van der Waals surface area (Å²) < 4.78 is 5.88. The van der Waals surface area contributed by atoms with Gasteiger partial charge in [-0.25, -0.2) is 4.98 Å². The minimum Gasteiger partial charge on any atom is -0.440 e. The summed E-state index contributed by atoms with van der Waals surface area (Å²) in [5.74, 6) is 0.763. The molecular formula is C20H21N3O3S. The second kappa shape index (κ2) is 7.92. The van der Waals surface area contributed by atoms with Crippen LogP contribution in [0.5, 0.6) is 0 Å². The Balaban J connectivity index is 1.32. The summed E-state index contributed by atoms with van der Waals surface area (Å²) in [5.41, 5.74) is 1.64. The maximum Gasteiger partial charge on any atom is 0.261 e. The standard InChI is InChI=1S/C20H21N3O3S/c24-18(9-10-21-19(25)17-8-4-12-27-17)23-11-3-5-14(13-23)20-22-15-6-1-2-7-16(15)26-20/h1-2,4,6-8,12,14H,3,5,9-11,13H2,(H,21,25)/t14-/m0/s1. The van der Waals surface area contributed by atoms with E-state index in [2.05, 4.69) is 10.3 Å². The largest absolute Gasteiger partial charge is 0.440 e. The first-order chi connectivity index (χ1) is 13.2. The average molecular weight is 383 g/mol. The molecule has 1 N–H and O–H groups in total. The van der Waals surface area contributed by atoms with E-state index in [1.54, 1.807) is 6.07 Å². The topological polar surface area (TPSA) is 75.4 Å². The first-order valence-electron chi connectivity index (χ1n) is 9.15. The molecule has 0 saturated carbocycles. The van der Waals surface area contributed by atoms with Crippen molar-refractivity contribution in [3.8, 4) is 0 Å². The van der Waals surface area contributed by atoms with E-state index in [-0.39, 0.29) is 17.7 Å². The van der Waals surface area contributed by atoms with Gasteiger partial charge in [0.05, 0.1) is 10.8 Å². The number of rotatable bonds is 5. The summed E-state index contributed by atoms with van der Waals surface area (Å²) in [6.45, 7) is 1.71. The van der Waals surface area contributed by atoms with Crippen molar-refractivity contribution in [2.24, 2.45) is 0 Å². The highest BCUT2D eigenvalue weighted by molar-refractivity contribution is 7.12. The summed E-state index contributed by atoms with van der Waals surface area (Å²) in [6, 6.07) is 11.3. The van der Waals surface area contributed by atoms with E-state index in [0.717, 1.165) is 30.5 Å². The molecule has 1 aromatic carbocycles. The zero-order chi connectivity index (χ0) is 18.6. The lowest BCUT2D eigenvalue weighted by Gasteiger charge is -2.31. The third-order valence-corrected chi connectivity index (χ3v) is 5.67. The van der Waals surface area contributed by atoms with Gasteiger partial charge < -0.3 is 14.6 Å². The van der Waals surface area contributed by atoms with Crippen LogP contribution in [0.1, 0.15) is 40.7 Å². The molecule has 0 aliphatic carbocycles. The van der Waals surface area contributed by atoms with Crippen LogP contribution >= 0.6 is 11.3 Å². The number of likely N-dealkylation sites (tertiary alicyclic amines) is 1. The van der Waals surface area contributed by atoms with Crippen molar-refractivity contribution in [3.63, 3.8) is 0 Å². The highest BCUT2D eigenvalue weighted by Gasteiger charge is 2.27. The molecule has 7 heteroatoms. The summed E-state index contributed by atoms with van der Waals surface area (Å²) in [6.07, 6.45) is 2.19. The average Bonchev–Trinajstić information content (AvgIpc) is 3.37. The number of benzene rings is 1. The van der Waals surface area contributed by atoms with E-state index in [9.17, 15) is 9.59 Å². The lowest BCUT2D eigenvalue weighted by Crippen LogP contribution is -2.40. The van der Waals surface area contributed by atoms with Crippen LogP contribution in [0.4, 0.5) is 0 Å². The number of hydrogen-bond donors (Lipinski definition) is 1. The monoisotopic (exact) mass is 383 g/mol. The molecular weight excluding hydrogens is 362 g/mol. The molecule has 0 unspecified atom stereocenters. The van der Waals surface area contributed by atoms with Crippen LogP contribution in [0.15, 0.2) is 46.2 Å². The molecule has 1 saturated heterocycles. The Labute approximate surface area is 161 Å². The van der Waals surface area contributed by atoms with Crippen LogP contribution in [0.25, 0.3) is 11.1 Å². The van der Waals surface area contributed by atoms with Crippen molar-refractivity contribution in [2.75, 3.05) is 19.6 Å². The molecule has 2 amide bonds. The summed E-state index contributed by atoms with van der Waals surface area (Å²) >= 11 is 1.39. The molecule has 1 aliphatic rings. The molecule has 1 atom stereocenters. The van der Waals surface area contributed by atoms with Crippen LogP contribution in [0, 0.1) is 0 Å². The number of para-hydroxylation sites is 2. The van der Waals surface area contributed by atoms with E-state index in [0.29, 0.717) is 30.3 Å². The van der Waals surface area contributed by atoms with Gasteiger partial charge in [0.15, 0.2) is 11.5 Å². The summed E-state index contributed by atoms with van der Waals surface area (Å²) in [7, 11) is 0. The van der Waals surface area contributed by atoms with Crippen molar-refractivity contribution in [1.29, 1.82) is 0 Å². The van der Waals surface area contributed by atoms with Crippen LogP contribution in [0.3, 0.4) is 0 Å². The molecule has 2 aromatic heterocycles. The number of amides is 2. The lowest BCUT2D eigenvalue weighted by molar-refractivity contribution is -0.132. The SMILES string of the molecule is O=C(NCCC(=O)N1CCC[C@H](c2nc3ccccc3o2)C1)c1cccs1. The van der Waals surface area contributed by atoms with Crippen LogP contribution in [-0.2, 0) is 4.79 Å². The number of aromatic nitrogens is 1. The number of fused-ring (bicyclic) bond motifs is 1. The molecule has 4 rings (SSSR count). The number of piperidine rings is 1. The van der Waals surface area contributed by atoms with Crippen LogP contribution < -0.4 is 5.32 Å². The Morgan fingerprint density at radius 1 is 1.26 bits per heavy atom. The maximum absolute atomic E-state index is 12.5. The number of hydrogen-bond acceptors (Lipinski definition) is 5. The van der Waals surface area contributed by atoms with E-state index < -0.39 is 0 Å². The van der Waals surface area contributed by atoms with Gasteiger partial charge in [0.25, 0.3) is 5.91 Å². The number of nitrogens with zero attached hydrogens (tertiary/aromatic N) is 2. The maximum atomic E-state index is 12.5. The van der Waals surface area contributed by atoms with Crippen molar-refractivity contribution in [3.05, 3.63) is 52.5 Å². The molecule has 0 radical (unpaired) electrons. The summed E-state index contributed by atoms with van der Waals surface area (Å²) in [5, 5.41) is 4.67. The van der Waals surface area contributed by atoms with E-state index in [4.69, 9.17) is 4.42 Å². The molecule has 27 heavy (non-hydrogen) atoms. The second-order valence-corrected chi connectivity index (χ2v) is 7.63. The lowest BCUT2D eigenvalue weighted by atomic mass is 9.97. The highest BCUT2D eigenvalue weighted by Crippen LogP contribution is 2.29. The molecule has 1 fully saturated rings. The summed E-state index contributed by atoms with van der Waals surface area (Å²) in [4.78, 5) is 31.6. The Morgan fingerprint density at radius 3 is 2.96 bits per heavy atom. The predicted octanol–water partition coefficient (Wildman–Crippen LogP) is 3.42. The van der Waals surface area contributed by atoms with Crippen LogP contribution in [-0.4, -0.2) is 41.3 Å². The van der Waals surface area contributed by atoms with Gasteiger partial charge in [0.2, 0.25) is 5.91 Å². The Bertz CT molecular complexity index is 902. The number of carbonyl (C=O) groups is 2. The number of thiophene rings is 1. The van der Waals surface area contributed by atoms with Gasteiger partial charge in [-0.1, -0.05) is 18.2 Å². The van der Waals surface area contributed by atoms with E-state index >= 15 is 0 Å². The highest BCUT2D eigenvalue weighted by atomic mass is 32.1. The van der Waals surface area contributed by atoms with Gasteiger partial charge in [0.1, 0.15) is 5.52 Å². The first kappa shape index (κ1) is 17.7. The zero-order valence-electron chi connectivity index (χ0n) is 14.9. The number of nitrogens with one attached hydrogen (secondary N) is 1. The molecule has 3 heterocycles. The second-order valence-electron chi connectivity index (χ2n) is 6.68. The zero-order valence-corrected chi connectivity index (χ0v) is 15.7. The van der Waals surface area contributed by atoms with E-state index in [1.165, 1.54) is 11.3 Å². The Kier molecular flexibility index (Phi) is 5.20. The van der Waals surface area contributed by atoms with Gasteiger partial charge in [-0.15, -0.1) is 11.3 Å². The van der Waals surface area contributed by atoms with Gasteiger partial charge in [0, 0.05) is 26.1 Å². The molecule has 1 aliphatic heterocycles. The molecule has 140 valence electrons. The third-order valence-electron chi connectivity index (χ3n) is 4.80. The normalized spacial score (nSPS) is 17.2. The fourth-order valence-corrected chi connectivity index (χ4v) is 4.05. The molecule has 3 aromatic rings. The molecule has 6 nitrogen and oxygen atoms in total. The predicted molar refractivity (Wildman–Crippen MR) is 104 cm³/mol. The minimum atomic E-state index is -0.124. The fraction of sp³-hybridized carbons (Fsp3) is 0.350. The minimum absolute atomic E-state index is 0.0577. The number of carbonyl (C=O) groups excluding carboxylic acids is 2. The smallest absolute Gasteiger partial charge is 0.261 e. The Hall–Kier alpha value is -2.67. The fourth-order valence-electron chi connectivity index (χ4n) is 3.41. The molecule has 0 spiro atoms. The van der Waals surface area contributed by atoms with Gasteiger partial charge in [-0.05, 0) is 36.4 Å². The van der Waals surface area contributed by atoms with Gasteiger partial charge in [-0.2, -0.15) is 0 Å². The van der Waals surface area contributed by atoms with Gasteiger partial charge in [-0.3, -0.25) is 9.59 Å². The van der Waals surface area contributed by atoms with Crippen molar-refractivity contribution in [2.45, 2.75) is 25.2 Å². The Morgan fingerprint density at radius 2 is 2.15 bits per heavy atom. The number of oxazole rings is 1. The van der Waals surface area contributed by atoms with Crippen LogP contribution in [0.2, 0.25) is 0 Å². The van der Waals surface area contributed by atoms with Crippen molar-refractivity contribution < 1.29 is 14.0 Å². The molecule has 0 bridgehead atoms. The first-order valence-corrected chi connectivity index (χ1v) is 10.0. The van der Waals surface area contributed by atoms with Gasteiger partial charge >= 0.3 is 0 Å². The van der Waals surface area contributed by atoms with E-state index in [1.807, 2.05) is 40.6 Å².